The van der Waals surface area contributed by atoms with Gasteiger partial charge >= 0.3 is 0 Å². The van der Waals surface area contributed by atoms with Gasteiger partial charge in [-0.3, -0.25) is 4.68 Å². The van der Waals surface area contributed by atoms with E-state index in [2.05, 4.69) is 58.9 Å². The molecule has 1 N–H and O–H groups in total. The molecule has 0 saturated heterocycles. The van der Waals surface area contributed by atoms with E-state index >= 15 is 0 Å². The number of rotatable bonds is 4. The van der Waals surface area contributed by atoms with E-state index in [4.69, 9.17) is 0 Å². The molecule has 1 atom stereocenters. The first kappa shape index (κ1) is 14.6. The second-order valence-corrected chi connectivity index (χ2v) is 7.33. The molecule has 2 rings (SSSR count). The Kier molecular flexibility index (Phi) is 3.33. The van der Waals surface area contributed by atoms with Gasteiger partial charge in [-0.2, -0.15) is 5.10 Å². The third-order valence-electron chi connectivity index (χ3n) is 5.95. The molecule has 3 heteroatoms. The van der Waals surface area contributed by atoms with Crippen molar-refractivity contribution in [2.45, 2.75) is 54.5 Å². The zero-order chi connectivity index (χ0) is 14.6. The largest absolute Gasteiger partial charge is 0.310 e. The maximum Gasteiger partial charge on any atom is 0.0644 e. The van der Waals surface area contributed by atoms with Crippen molar-refractivity contribution in [1.29, 1.82) is 0 Å². The summed E-state index contributed by atoms with van der Waals surface area (Å²) in [6.07, 6.45) is 0. The Hall–Kier alpha value is -0.830. The third kappa shape index (κ3) is 2.12. The van der Waals surface area contributed by atoms with E-state index in [1.54, 1.807) is 0 Å². The monoisotopic (exact) mass is 263 g/mol. The van der Waals surface area contributed by atoms with Gasteiger partial charge in [-0.25, -0.2) is 0 Å². The van der Waals surface area contributed by atoms with Gasteiger partial charge in [-0.1, -0.05) is 27.7 Å². The maximum atomic E-state index is 4.51. The highest BCUT2D eigenvalue weighted by atomic mass is 15.3. The van der Waals surface area contributed by atoms with Crippen LogP contribution in [0.4, 0.5) is 0 Å². The first-order valence-electron chi connectivity index (χ1n) is 7.34. The van der Waals surface area contributed by atoms with Crippen LogP contribution in [0.25, 0.3) is 0 Å². The van der Waals surface area contributed by atoms with Crippen molar-refractivity contribution in [3.05, 3.63) is 17.0 Å². The lowest BCUT2D eigenvalue weighted by atomic mass is 10.0. The molecule has 0 aromatic carbocycles. The van der Waals surface area contributed by atoms with Crippen LogP contribution in [0.3, 0.4) is 0 Å². The fourth-order valence-corrected chi connectivity index (χ4v) is 3.66. The summed E-state index contributed by atoms with van der Waals surface area (Å²) < 4.78 is 1.98. The smallest absolute Gasteiger partial charge is 0.0644 e. The van der Waals surface area contributed by atoms with Gasteiger partial charge in [0.15, 0.2) is 0 Å². The standard InChI is InChI=1S/C16H29N3/c1-10(14-11(2)18-19(8)12(14)3)17-9-13-15(4,5)16(13,6)7/h10,13,17H,9H2,1-8H3. The summed E-state index contributed by atoms with van der Waals surface area (Å²) in [5.74, 6) is 0.764. The lowest BCUT2D eigenvalue weighted by Crippen LogP contribution is -2.24. The number of aromatic nitrogens is 2. The molecule has 0 bridgehead atoms. The van der Waals surface area contributed by atoms with Crippen molar-refractivity contribution in [2.75, 3.05) is 6.54 Å². The summed E-state index contributed by atoms with van der Waals surface area (Å²) in [4.78, 5) is 0. The van der Waals surface area contributed by atoms with E-state index in [0.717, 1.165) is 18.2 Å². The Morgan fingerprint density at radius 2 is 1.74 bits per heavy atom. The first-order valence-corrected chi connectivity index (χ1v) is 7.34. The summed E-state index contributed by atoms with van der Waals surface area (Å²) >= 11 is 0. The second kappa shape index (κ2) is 4.34. The summed E-state index contributed by atoms with van der Waals surface area (Å²) in [5, 5.41) is 8.22. The molecule has 1 saturated carbocycles. The third-order valence-corrected chi connectivity index (χ3v) is 5.95. The normalized spacial score (nSPS) is 22.5. The molecule has 1 fully saturated rings. The van der Waals surface area contributed by atoms with Crippen LogP contribution in [-0.4, -0.2) is 16.3 Å². The van der Waals surface area contributed by atoms with Crippen molar-refractivity contribution in [3.8, 4) is 0 Å². The fourth-order valence-electron chi connectivity index (χ4n) is 3.66. The Bertz CT molecular complexity index is 468. The highest BCUT2D eigenvalue weighted by molar-refractivity contribution is 5.27. The molecule has 0 aliphatic heterocycles. The first-order chi connectivity index (χ1) is 8.60. The van der Waals surface area contributed by atoms with Crippen LogP contribution in [0.15, 0.2) is 0 Å². The zero-order valence-electron chi connectivity index (χ0n) is 13.8. The highest BCUT2D eigenvalue weighted by Crippen LogP contribution is 2.68. The quantitative estimate of drug-likeness (QED) is 0.902. The van der Waals surface area contributed by atoms with Gasteiger partial charge in [0.1, 0.15) is 0 Å². The van der Waals surface area contributed by atoms with Crippen LogP contribution >= 0.6 is 0 Å². The topological polar surface area (TPSA) is 29.9 Å². The fraction of sp³-hybridized carbons (Fsp3) is 0.812. The van der Waals surface area contributed by atoms with E-state index in [1.807, 2.05) is 11.7 Å². The average Bonchev–Trinajstić information content (AvgIpc) is 2.51. The number of hydrogen-bond donors (Lipinski definition) is 1. The highest BCUT2D eigenvalue weighted by Gasteiger charge is 2.63. The van der Waals surface area contributed by atoms with Crippen LogP contribution < -0.4 is 5.32 Å². The van der Waals surface area contributed by atoms with E-state index < -0.39 is 0 Å². The van der Waals surface area contributed by atoms with Gasteiger partial charge in [0.2, 0.25) is 0 Å². The van der Waals surface area contributed by atoms with Crippen molar-refractivity contribution in [1.82, 2.24) is 15.1 Å². The Morgan fingerprint density at radius 1 is 1.21 bits per heavy atom. The molecule has 108 valence electrons. The zero-order valence-corrected chi connectivity index (χ0v) is 13.8. The van der Waals surface area contributed by atoms with E-state index in [0.29, 0.717) is 16.9 Å². The summed E-state index contributed by atoms with van der Waals surface area (Å²) in [7, 11) is 2.02. The second-order valence-electron chi connectivity index (χ2n) is 7.33. The number of nitrogens with zero attached hydrogens (tertiary/aromatic N) is 2. The number of nitrogens with one attached hydrogen (secondary N) is 1. The van der Waals surface area contributed by atoms with Crippen LogP contribution in [0.5, 0.6) is 0 Å². The van der Waals surface area contributed by atoms with Crippen LogP contribution in [-0.2, 0) is 7.05 Å². The van der Waals surface area contributed by atoms with Crippen molar-refractivity contribution < 1.29 is 0 Å². The number of aryl methyl sites for hydroxylation is 2. The van der Waals surface area contributed by atoms with Crippen molar-refractivity contribution in [3.63, 3.8) is 0 Å². The van der Waals surface area contributed by atoms with Crippen LogP contribution in [0.2, 0.25) is 0 Å². The molecule has 19 heavy (non-hydrogen) atoms. The SMILES string of the molecule is Cc1nn(C)c(C)c1C(C)NCC1C(C)(C)C1(C)C. The molecule has 0 amide bonds. The molecular formula is C16H29N3. The van der Waals surface area contributed by atoms with Gasteiger partial charge in [0.05, 0.1) is 5.69 Å². The molecule has 3 nitrogen and oxygen atoms in total. The Balaban J connectivity index is 2.02. The van der Waals surface area contributed by atoms with Gasteiger partial charge in [0.25, 0.3) is 0 Å². The minimum Gasteiger partial charge on any atom is -0.310 e. The Labute approximate surface area is 117 Å². The summed E-state index contributed by atoms with van der Waals surface area (Å²) in [6.45, 7) is 17.1. The van der Waals surface area contributed by atoms with Crippen molar-refractivity contribution in [2.24, 2.45) is 23.8 Å². The van der Waals surface area contributed by atoms with Crippen LogP contribution in [0.1, 0.15) is 57.6 Å². The van der Waals surface area contributed by atoms with E-state index in [9.17, 15) is 0 Å². The molecule has 0 spiro atoms. The maximum absolute atomic E-state index is 4.51. The van der Waals surface area contributed by atoms with Gasteiger partial charge in [-0.05, 0) is 44.1 Å². The van der Waals surface area contributed by atoms with E-state index in [-0.39, 0.29) is 0 Å². The predicted molar refractivity (Wildman–Crippen MR) is 80.2 cm³/mol. The average molecular weight is 263 g/mol. The number of hydrogen-bond acceptors (Lipinski definition) is 2. The molecule has 1 aromatic heterocycles. The molecule has 1 aliphatic rings. The lowest BCUT2D eigenvalue weighted by Gasteiger charge is -2.15. The summed E-state index contributed by atoms with van der Waals surface area (Å²) in [5.41, 5.74) is 4.69. The van der Waals surface area contributed by atoms with E-state index in [1.165, 1.54) is 11.3 Å². The van der Waals surface area contributed by atoms with Crippen LogP contribution in [0, 0.1) is 30.6 Å². The molecule has 1 aromatic rings. The minimum atomic E-state index is 0.376. The van der Waals surface area contributed by atoms with Gasteiger partial charge < -0.3 is 5.32 Å². The van der Waals surface area contributed by atoms with Gasteiger partial charge in [-0.15, -0.1) is 0 Å². The lowest BCUT2D eigenvalue weighted by molar-refractivity contribution is 0.457. The van der Waals surface area contributed by atoms with Gasteiger partial charge in [0, 0.05) is 24.3 Å². The minimum absolute atomic E-state index is 0.376. The summed E-state index contributed by atoms with van der Waals surface area (Å²) in [6, 6.07) is 0.376. The Morgan fingerprint density at radius 3 is 2.11 bits per heavy atom. The molecule has 1 unspecified atom stereocenters. The van der Waals surface area contributed by atoms with Crippen molar-refractivity contribution >= 4 is 0 Å². The molecule has 0 radical (unpaired) electrons. The molecule has 1 heterocycles. The predicted octanol–water partition coefficient (Wildman–Crippen LogP) is 3.37. The molecular weight excluding hydrogens is 234 g/mol. The molecule has 1 aliphatic carbocycles.